The fourth-order valence-electron chi connectivity index (χ4n) is 9.10. The number of ether oxygens (including phenoxy) is 2. The molecular formula is C45H64N6O9S. The number of amides is 4. The molecule has 3 heterocycles. The van der Waals surface area contributed by atoms with Gasteiger partial charge < -0.3 is 35.0 Å². The maximum atomic E-state index is 14.7. The van der Waals surface area contributed by atoms with Crippen LogP contribution in [0.2, 0.25) is 0 Å². The number of hydrogen-bond acceptors (Lipinski definition) is 10. The van der Waals surface area contributed by atoms with Crippen LogP contribution in [0.15, 0.2) is 36.9 Å². The summed E-state index contributed by atoms with van der Waals surface area (Å²) in [6, 6.07) is 5.33. The summed E-state index contributed by atoms with van der Waals surface area (Å²) < 4.78 is 41.1. The third-order valence-corrected chi connectivity index (χ3v) is 15.8. The molecule has 1 aromatic carbocycles. The number of hydrogen-bond donors (Lipinski definition) is 4. The summed E-state index contributed by atoms with van der Waals surface area (Å²) >= 11 is 0. The van der Waals surface area contributed by atoms with Crippen LogP contribution in [0.1, 0.15) is 104 Å². The van der Waals surface area contributed by atoms with Crippen molar-refractivity contribution in [2.24, 2.45) is 23.2 Å². The van der Waals surface area contributed by atoms with Crippen LogP contribution >= 0.6 is 0 Å². The highest BCUT2D eigenvalue weighted by molar-refractivity contribution is 7.91. The molecule has 5 fully saturated rings. The predicted molar refractivity (Wildman–Crippen MR) is 231 cm³/mol. The molecule has 16 heteroatoms. The second-order valence-electron chi connectivity index (χ2n) is 19.6. The molecule has 7 rings (SSSR count). The number of likely N-dealkylation sites (tertiary alicyclic amines) is 2. The minimum atomic E-state index is -4.04. The Morgan fingerprint density at radius 1 is 1.03 bits per heavy atom. The van der Waals surface area contributed by atoms with Crippen LogP contribution in [0.4, 0.5) is 4.79 Å². The van der Waals surface area contributed by atoms with Gasteiger partial charge in [0.1, 0.15) is 29.5 Å². The van der Waals surface area contributed by atoms with Gasteiger partial charge in [-0.3, -0.25) is 19.1 Å². The van der Waals surface area contributed by atoms with Crippen molar-refractivity contribution < 1.29 is 42.2 Å². The van der Waals surface area contributed by atoms with Crippen molar-refractivity contribution in [3.05, 3.63) is 42.5 Å². The number of carbonyl (C=O) groups is 4. The molecule has 5 unspecified atom stereocenters. The van der Waals surface area contributed by atoms with Gasteiger partial charge in [-0.1, -0.05) is 71.1 Å². The molecule has 5 aliphatic rings. The number of unbranched alkanes of at least 4 members (excludes halogenated alkanes) is 2. The Balaban J connectivity index is 1.20. The molecule has 2 aromatic rings. The van der Waals surface area contributed by atoms with E-state index in [0.29, 0.717) is 49.6 Å². The molecule has 3 aliphatic carbocycles. The molecule has 4 amide bonds. The van der Waals surface area contributed by atoms with Gasteiger partial charge in [-0.15, -0.1) is 6.58 Å². The molecule has 0 bridgehead atoms. The normalized spacial score (nSPS) is 25.5. The Labute approximate surface area is 359 Å². The number of sulfonamides is 1. The average molecular weight is 865 g/mol. The standard InChI is InChI=1S/C45H64N6O9S/c1-7-30-19-20-45(30,41(54)49-61(57,58)44(5)21-22-44)48-38(52)35-23-31(26-51(35)40(53)37(43(2,3)4)47-42(55)56)60-39-33(15-10-8-9-13-28-17-18-28)36(59-27-29-24-50(6)25-29)32-14-11-12-16-34(32)46-39/h7,11-12,14,16,28-31,35,37,47H,1,8-10,13,15,17-27H2,2-6H3,(H,48,52)(H,49,54)(H,55,56). The summed E-state index contributed by atoms with van der Waals surface area (Å²) in [5, 5.41) is 15.9. The topological polar surface area (TPSA) is 197 Å². The summed E-state index contributed by atoms with van der Waals surface area (Å²) in [4.78, 5) is 63.8. The molecule has 2 saturated heterocycles. The molecular weight excluding hydrogens is 801 g/mol. The minimum absolute atomic E-state index is 0.00569. The first kappa shape index (κ1) is 44.6. The van der Waals surface area contributed by atoms with Crippen molar-refractivity contribution in [2.75, 3.05) is 33.3 Å². The first-order valence-electron chi connectivity index (χ1n) is 22.0. The molecule has 3 saturated carbocycles. The zero-order valence-corrected chi connectivity index (χ0v) is 37.2. The van der Waals surface area contributed by atoms with E-state index in [0.717, 1.165) is 55.0 Å². The minimum Gasteiger partial charge on any atom is -0.492 e. The highest BCUT2D eigenvalue weighted by Crippen LogP contribution is 2.45. The van der Waals surface area contributed by atoms with Crippen molar-refractivity contribution in [3.8, 4) is 11.6 Å². The molecule has 2 aliphatic heterocycles. The molecule has 1 aromatic heterocycles. The second-order valence-corrected chi connectivity index (χ2v) is 21.8. The lowest BCUT2D eigenvalue weighted by molar-refractivity contribution is -0.145. The molecule has 334 valence electrons. The van der Waals surface area contributed by atoms with Gasteiger partial charge in [0, 0.05) is 36.7 Å². The largest absolute Gasteiger partial charge is 0.492 e. The summed E-state index contributed by atoms with van der Waals surface area (Å²) in [5.74, 6) is -0.425. The predicted octanol–water partition coefficient (Wildman–Crippen LogP) is 5.17. The third-order valence-electron chi connectivity index (χ3n) is 13.6. The average Bonchev–Trinajstić information content (AvgIpc) is 4.11. The number of aromatic nitrogens is 1. The van der Waals surface area contributed by atoms with E-state index in [4.69, 9.17) is 14.5 Å². The number of para-hydroxylation sites is 1. The van der Waals surface area contributed by atoms with Crippen LogP contribution in [-0.4, -0.2) is 114 Å². The zero-order chi connectivity index (χ0) is 43.9. The maximum Gasteiger partial charge on any atom is 0.405 e. The van der Waals surface area contributed by atoms with E-state index in [2.05, 4.69) is 33.9 Å². The Morgan fingerprint density at radius 3 is 2.36 bits per heavy atom. The molecule has 0 spiro atoms. The summed E-state index contributed by atoms with van der Waals surface area (Å²) in [6.07, 6.45) is 8.41. The fraction of sp³-hybridized carbons (Fsp3) is 0.667. The summed E-state index contributed by atoms with van der Waals surface area (Å²) in [5.41, 5.74) is -1.01. The van der Waals surface area contributed by atoms with Gasteiger partial charge in [0.05, 0.1) is 29.0 Å². The van der Waals surface area contributed by atoms with E-state index in [1.54, 1.807) is 27.7 Å². The van der Waals surface area contributed by atoms with Crippen molar-refractivity contribution in [1.29, 1.82) is 0 Å². The second kappa shape index (κ2) is 17.4. The first-order chi connectivity index (χ1) is 28.8. The Hall–Kier alpha value is -4.44. The van der Waals surface area contributed by atoms with E-state index in [9.17, 15) is 32.7 Å². The Bertz CT molecular complexity index is 2130. The SMILES string of the molecule is C=CC1CCC1(NC(=O)C1CC(Oc2nc3ccccc3c(OCC3CN(C)C3)c2CCCCCC2CC2)CN1C(=O)C(NC(=O)O)C(C)(C)C)C(=O)NS(=O)(=O)C1(C)CC1. The van der Waals surface area contributed by atoms with Crippen LogP contribution in [0.25, 0.3) is 10.9 Å². The highest BCUT2D eigenvalue weighted by atomic mass is 32.2. The van der Waals surface area contributed by atoms with Crippen LogP contribution in [0, 0.1) is 23.2 Å². The van der Waals surface area contributed by atoms with Crippen molar-refractivity contribution in [3.63, 3.8) is 0 Å². The maximum absolute atomic E-state index is 14.7. The quantitative estimate of drug-likeness (QED) is 0.108. The number of nitrogens with zero attached hydrogens (tertiary/aromatic N) is 3. The number of rotatable bonds is 19. The lowest BCUT2D eigenvalue weighted by atomic mass is 9.66. The smallest absolute Gasteiger partial charge is 0.405 e. The number of carboxylic acid groups (broad SMARTS) is 1. The fourth-order valence-corrected chi connectivity index (χ4v) is 10.4. The molecule has 61 heavy (non-hydrogen) atoms. The summed E-state index contributed by atoms with van der Waals surface area (Å²) in [7, 11) is -1.95. The van der Waals surface area contributed by atoms with Crippen molar-refractivity contribution >= 4 is 44.7 Å². The van der Waals surface area contributed by atoms with E-state index < -0.39 is 73.6 Å². The van der Waals surface area contributed by atoms with Gasteiger partial charge in [0.25, 0.3) is 5.91 Å². The molecule has 15 nitrogen and oxygen atoms in total. The van der Waals surface area contributed by atoms with Crippen LogP contribution in [-0.2, 0) is 30.8 Å². The number of carbonyl (C=O) groups excluding carboxylic acids is 3. The summed E-state index contributed by atoms with van der Waals surface area (Å²) in [6.45, 7) is 13.0. The van der Waals surface area contributed by atoms with Crippen LogP contribution in [0.5, 0.6) is 11.6 Å². The van der Waals surface area contributed by atoms with E-state index in [-0.39, 0.29) is 19.4 Å². The monoisotopic (exact) mass is 864 g/mol. The van der Waals surface area contributed by atoms with Gasteiger partial charge in [-0.25, -0.2) is 18.2 Å². The number of pyridine rings is 1. The molecule has 4 N–H and O–H groups in total. The lowest BCUT2D eigenvalue weighted by Gasteiger charge is -2.47. The Kier molecular flexibility index (Phi) is 12.7. The molecule has 0 radical (unpaired) electrons. The number of fused-ring (bicyclic) bond motifs is 1. The molecule has 5 atom stereocenters. The van der Waals surface area contributed by atoms with Gasteiger partial charge >= 0.3 is 6.09 Å². The van der Waals surface area contributed by atoms with E-state index >= 15 is 0 Å². The highest BCUT2D eigenvalue weighted by Gasteiger charge is 2.58. The van der Waals surface area contributed by atoms with E-state index in [1.165, 1.54) is 30.2 Å². The van der Waals surface area contributed by atoms with Gasteiger partial charge in [-0.05, 0) is 76.0 Å². The van der Waals surface area contributed by atoms with Crippen LogP contribution < -0.4 is 24.8 Å². The third kappa shape index (κ3) is 9.64. The van der Waals surface area contributed by atoms with Crippen molar-refractivity contribution in [2.45, 2.75) is 133 Å². The zero-order valence-electron chi connectivity index (χ0n) is 36.3. The van der Waals surface area contributed by atoms with Gasteiger partial charge in [-0.2, -0.15) is 0 Å². The van der Waals surface area contributed by atoms with E-state index in [1.807, 2.05) is 24.3 Å². The van der Waals surface area contributed by atoms with Gasteiger partial charge in [0.15, 0.2) is 0 Å². The van der Waals surface area contributed by atoms with Crippen LogP contribution in [0.3, 0.4) is 0 Å². The Morgan fingerprint density at radius 2 is 1.75 bits per heavy atom. The lowest BCUT2D eigenvalue weighted by Crippen LogP contribution is -2.70. The number of nitrogens with one attached hydrogen (secondary N) is 3. The van der Waals surface area contributed by atoms with Crippen molar-refractivity contribution in [1.82, 2.24) is 30.1 Å². The van der Waals surface area contributed by atoms with Gasteiger partial charge in [0.2, 0.25) is 27.7 Å². The first-order valence-corrected chi connectivity index (χ1v) is 23.5. The number of benzene rings is 1.